The molecule has 7 heteroatoms. The summed E-state index contributed by atoms with van der Waals surface area (Å²) >= 11 is 6.09. The Bertz CT molecular complexity index is 1080. The largest absolute Gasteiger partial charge is 0.350 e. The molecule has 0 spiro atoms. The first-order valence-corrected chi connectivity index (χ1v) is 9.37. The Morgan fingerprint density at radius 1 is 1.22 bits per heavy atom. The first-order valence-electron chi connectivity index (χ1n) is 9.00. The number of hydrogen-bond donors (Lipinski definition) is 1. The molecule has 1 aliphatic rings. The van der Waals surface area contributed by atoms with Crippen LogP contribution in [0.15, 0.2) is 41.5 Å². The molecule has 2 heterocycles. The molecule has 138 valence electrons. The molecule has 1 aromatic carbocycles. The normalized spacial score (nSPS) is 13.4. The molecule has 3 aromatic rings. The first-order chi connectivity index (χ1) is 13.1. The van der Waals surface area contributed by atoms with E-state index in [-0.39, 0.29) is 18.0 Å². The van der Waals surface area contributed by atoms with Crippen molar-refractivity contribution in [1.82, 2.24) is 19.9 Å². The lowest BCUT2D eigenvalue weighted by atomic mass is 9.95. The molecule has 0 aliphatic heterocycles. The molecule has 27 heavy (non-hydrogen) atoms. The quantitative estimate of drug-likeness (QED) is 0.752. The molecule has 6 nitrogen and oxygen atoms in total. The van der Waals surface area contributed by atoms with Crippen LogP contribution in [0.3, 0.4) is 0 Å². The van der Waals surface area contributed by atoms with Crippen LogP contribution in [0.2, 0.25) is 5.02 Å². The number of amides is 1. The first kappa shape index (κ1) is 17.7. The number of carbonyl (C=O) groups excluding carboxylic acids is 1. The van der Waals surface area contributed by atoms with Crippen molar-refractivity contribution in [2.75, 3.05) is 0 Å². The van der Waals surface area contributed by atoms with Crippen LogP contribution >= 0.6 is 11.6 Å². The Morgan fingerprint density at radius 2 is 2.04 bits per heavy atom. The van der Waals surface area contributed by atoms with Gasteiger partial charge in [0.2, 0.25) is 5.91 Å². The van der Waals surface area contributed by atoms with E-state index in [9.17, 15) is 9.59 Å². The Balaban J connectivity index is 1.53. The summed E-state index contributed by atoms with van der Waals surface area (Å²) < 4.78 is 1.32. The van der Waals surface area contributed by atoms with E-state index in [1.165, 1.54) is 10.9 Å². The van der Waals surface area contributed by atoms with E-state index in [1.54, 1.807) is 6.07 Å². The van der Waals surface area contributed by atoms with Crippen molar-refractivity contribution < 1.29 is 4.79 Å². The average Bonchev–Trinajstić information content (AvgIpc) is 2.68. The fraction of sp³-hybridized carbons (Fsp3) is 0.300. The number of fused-ring (bicyclic) bond motifs is 2. The van der Waals surface area contributed by atoms with Gasteiger partial charge in [-0.15, -0.1) is 0 Å². The predicted octanol–water partition coefficient (Wildman–Crippen LogP) is 2.64. The van der Waals surface area contributed by atoms with Crippen molar-refractivity contribution in [3.8, 4) is 0 Å². The zero-order valence-corrected chi connectivity index (χ0v) is 15.5. The fourth-order valence-electron chi connectivity index (χ4n) is 3.37. The second-order valence-corrected chi connectivity index (χ2v) is 7.13. The maximum absolute atomic E-state index is 12.8. The molecule has 0 bridgehead atoms. The van der Waals surface area contributed by atoms with Gasteiger partial charge in [0.15, 0.2) is 5.65 Å². The molecule has 1 N–H and O–H groups in total. The van der Waals surface area contributed by atoms with Gasteiger partial charge in [-0.1, -0.05) is 29.8 Å². The number of nitrogens with one attached hydrogen (secondary N) is 1. The topological polar surface area (TPSA) is 76.9 Å². The lowest BCUT2D eigenvalue weighted by Crippen LogP contribution is -2.32. The number of pyridine rings is 1. The number of aromatic nitrogens is 3. The predicted molar refractivity (Wildman–Crippen MR) is 104 cm³/mol. The zero-order valence-electron chi connectivity index (χ0n) is 14.7. The number of nitrogens with zero attached hydrogens (tertiary/aromatic N) is 3. The zero-order chi connectivity index (χ0) is 18.8. The standard InChI is InChI=1S/C20H19ClN4O2/c21-16-7-3-1-6-14(16)10-22-18(26)11-25-12-23-19-15(20(25)27)9-13-5-2-4-8-17(13)24-19/h1,3,6-7,9,12H,2,4-5,8,10-11H2,(H,22,26). The molecule has 1 amide bonds. The highest BCUT2D eigenvalue weighted by Gasteiger charge is 2.15. The summed E-state index contributed by atoms with van der Waals surface area (Å²) in [5.74, 6) is -0.274. The Kier molecular flexibility index (Phi) is 4.90. The SMILES string of the molecule is O=C(Cn1cnc2nc3c(cc2c1=O)CCCC3)NCc1ccccc1Cl. The lowest BCUT2D eigenvalue weighted by Gasteiger charge is -2.15. The Labute approximate surface area is 161 Å². The van der Waals surface area contributed by atoms with Crippen LogP contribution in [0.25, 0.3) is 11.0 Å². The van der Waals surface area contributed by atoms with E-state index in [2.05, 4.69) is 15.3 Å². The van der Waals surface area contributed by atoms with E-state index in [0.29, 0.717) is 22.6 Å². The molecule has 1 aliphatic carbocycles. The van der Waals surface area contributed by atoms with Gasteiger partial charge in [0.1, 0.15) is 12.9 Å². The highest BCUT2D eigenvalue weighted by Crippen LogP contribution is 2.21. The van der Waals surface area contributed by atoms with E-state index in [4.69, 9.17) is 11.6 Å². The van der Waals surface area contributed by atoms with Crippen LogP contribution in [0, 0.1) is 0 Å². The van der Waals surface area contributed by atoms with Crippen LogP contribution < -0.4 is 10.9 Å². The number of aryl methyl sites for hydroxylation is 2. The Hall–Kier alpha value is -2.73. The molecule has 0 saturated carbocycles. The minimum absolute atomic E-state index is 0.0939. The number of halogens is 1. The van der Waals surface area contributed by atoms with Crippen molar-refractivity contribution in [2.24, 2.45) is 0 Å². The van der Waals surface area contributed by atoms with E-state index < -0.39 is 0 Å². The number of carbonyl (C=O) groups is 1. The van der Waals surface area contributed by atoms with Gasteiger partial charge in [0.25, 0.3) is 5.56 Å². The smallest absolute Gasteiger partial charge is 0.263 e. The van der Waals surface area contributed by atoms with Crippen LogP contribution in [-0.4, -0.2) is 20.4 Å². The minimum Gasteiger partial charge on any atom is -0.350 e. The summed E-state index contributed by atoms with van der Waals surface area (Å²) in [6, 6.07) is 9.21. The second-order valence-electron chi connectivity index (χ2n) is 6.72. The third-order valence-electron chi connectivity index (χ3n) is 4.84. The molecule has 0 unspecified atom stereocenters. The van der Waals surface area contributed by atoms with Crippen molar-refractivity contribution in [3.63, 3.8) is 0 Å². The molecule has 4 rings (SSSR count). The van der Waals surface area contributed by atoms with Gasteiger partial charge in [0.05, 0.1) is 5.39 Å². The van der Waals surface area contributed by atoms with Crippen LogP contribution in [0.4, 0.5) is 0 Å². The fourth-order valence-corrected chi connectivity index (χ4v) is 3.57. The monoisotopic (exact) mass is 382 g/mol. The maximum Gasteiger partial charge on any atom is 0.263 e. The minimum atomic E-state index is -0.274. The Morgan fingerprint density at radius 3 is 2.89 bits per heavy atom. The summed E-state index contributed by atoms with van der Waals surface area (Å²) in [7, 11) is 0. The third-order valence-corrected chi connectivity index (χ3v) is 5.21. The van der Waals surface area contributed by atoms with Gasteiger partial charge in [-0.2, -0.15) is 0 Å². The summed E-state index contributed by atoms with van der Waals surface area (Å²) in [4.78, 5) is 33.8. The van der Waals surface area contributed by atoms with Gasteiger partial charge in [0, 0.05) is 17.3 Å². The van der Waals surface area contributed by atoms with Crippen molar-refractivity contribution in [3.05, 3.63) is 68.9 Å². The second kappa shape index (κ2) is 7.48. The summed E-state index contributed by atoms with van der Waals surface area (Å²) in [5, 5.41) is 3.85. The van der Waals surface area contributed by atoms with Crippen molar-refractivity contribution in [2.45, 2.75) is 38.8 Å². The molecule has 0 fully saturated rings. The molecule has 2 aromatic heterocycles. The van der Waals surface area contributed by atoms with Gasteiger partial charge in [-0.05, 0) is 48.9 Å². The highest BCUT2D eigenvalue weighted by molar-refractivity contribution is 6.31. The maximum atomic E-state index is 12.8. The van der Waals surface area contributed by atoms with E-state index in [1.807, 2.05) is 24.3 Å². The third kappa shape index (κ3) is 3.71. The van der Waals surface area contributed by atoms with Crippen LogP contribution in [-0.2, 0) is 30.7 Å². The number of rotatable bonds is 4. The molecule has 0 atom stereocenters. The summed E-state index contributed by atoms with van der Waals surface area (Å²) in [6.45, 7) is 0.215. The van der Waals surface area contributed by atoms with E-state index >= 15 is 0 Å². The van der Waals surface area contributed by atoms with Crippen molar-refractivity contribution >= 4 is 28.5 Å². The van der Waals surface area contributed by atoms with Gasteiger partial charge >= 0.3 is 0 Å². The van der Waals surface area contributed by atoms with Crippen LogP contribution in [0.5, 0.6) is 0 Å². The number of benzene rings is 1. The van der Waals surface area contributed by atoms with E-state index in [0.717, 1.165) is 42.5 Å². The molecular weight excluding hydrogens is 364 g/mol. The van der Waals surface area contributed by atoms with Gasteiger partial charge in [-0.3, -0.25) is 14.2 Å². The van der Waals surface area contributed by atoms with Crippen molar-refractivity contribution in [1.29, 1.82) is 0 Å². The van der Waals surface area contributed by atoms with Gasteiger partial charge in [-0.25, -0.2) is 9.97 Å². The molecule has 0 radical (unpaired) electrons. The highest BCUT2D eigenvalue weighted by atomic mass is 35.5. The lowest BCUT2D eigenvalue weighted by molar-refractivity contribution is -0.121. The van der Waals surface area contributed by atoms with Gasteiger partial charge < -0.3 is 5.32 Å². The van der Waals surface area contributed by atoms with Crippen LogP contribution in [0.1, 0.15) is 29.7 Å². The summed E-state index contributed by atoms with van der Waals surface area (Å²) in [5.41, 5.74) is 3.19. The average molecular weight is 383 g/mol. The number of hydrogen-bond acceptors (Lipinski definition) is 4. The molecule has 0 saturated heterocycles. The summed E-state index contributed by atoms with van der Waals surface area (Å²) in [6.07, 6.45) is 5.49. The molecular formula is C20H19ClN4O2.